The number of nitro groups is 1. The molecule has 0 aliphatic carbocycles. The number of hydrogen-bond donors (Lipinski definition) is 2. The summed E-state index contributed by atoms with van der Waals surface area (Å²) in [7, 11) is 0. The SMILES string of the molecule is CC(C)(CC(=O)O)NC(=O)C=Cc1ccc([N+](=O)[O-])cc1. The van der Waals surface area contributed by atoms with Crippen LogP contribution in [0.5, 0.6) is 0 Å². The fourth-order valence-corrected chi connectivity index (χ4v) is 1.68. The highest BCUT2D eigenvalue weighted by Gasteiger charge is 2.22. The van der Waals surface area contributed by atoms with Crippen LogP contribution in [0.15, 0.2) is 30.3 Å². The van der Waals surface area contributed by atoms with Gasteiger partial charge in [0.05, 0.1) is 11.3 Å². The van der Waals surface area contributed by atoms with Crippen LogP contribution in [0.1, 0.15) is 25.8 Å². The van der Waals surface area contributed by atoms with Crippen molar-refractivity contribution in [3.63, 3.8) is 0 Å². The predicted octanol–water partition coefficient (Wildman–Crippen LogP) is 1.98. The van der Waals surface area contributed by atoms with Crippen LogP contribution in [-0.4, -0.2) is 27.4 Å². The van der Waals surface area contributed by atoms with E-state index in [1.165, 1.54) is 36.4 Å². The third-order valence-electron chi connectivity index (χ3n) is 2.59. The molecular formula is C14H16N2O5. The maximum absolute atomic E-state index is 11.7. The Labute approximate surface area is 121 Å². The van der Waals surface area contributed by atoms with E-state index in [0.717, 1.165) is 0 Å². The molecule has 1 rings (SSSR count). The minimum Gasteiger partial charge on any atom is -0.481 e. The van der Waals surface area contributed by atoms with Gasteiger partial charge in [-0.25, -0.2) is 0 Å². The van der Waals surface area contributed by atoms with Gasteiger partial charge in [-0.3, -0.25) is 19.7 Å². The third-order valence-corrected chi connectivity index (χ3v) is 2.59. The van der Waals surface area contributed by atoms with E-state index >= 15 is 0 Å². The summed E-state index contributed by atoms with van der Waals surface area (Å²) >= 11 is 0. The lowest BCUT2D eigenvalue weighted by molar-refractivity contribution is -0.384. The Morgan fingerprint density at radius 3 is 2.38 bits per heavy atom. The Hall–Kier alpha value is -2.70. The number of nitrogens with one attached hydrogen (secondary N) is 1. The maximum atomic E-state index is 11.7. The van der Waals surface area contributed by atoms with Crippen LogP contribution in [0.25, 0.3) is 6.08 Å². The van der Waals surface area contributed by atoms with Gasteiger partial charge in [0.15, 0.2) is 0 Å². The fraction of sp³-hybridized carbons (Fsp3) is 0.286. The van der Waals surface area contributed by atoms with Gasteiger partial charge in [0.25, 0.3) is 5.69 Å². The first-order valence-electron chi connectivity index (χ1n) is 6.16. The zero-order valence-corrected chi connectivity index (χ0v) is 11.7. The van der Waals surface area contributed by atoms with Crippen LogP contribution >= 0.6 is 0 Å². The lowest BCUT2D eigenvalue weighted by Crippen LogP contribution is -2.44. The molecule has 0 radical (unpaired) electrons. The molecule has 21 heavy (non-hydrogen) atoms. The highest BCUT2D eigenvalue weighted by Crippen LogP contribution is 2.13. The first-order valence-corrected chi connectivity index (χ1v) is 6.16. The molecule has 0 fully saturated rings. The molecule has 0 aliphatic heterocycles. The number of benzene rings is 1. The van der Waals surface area contributed by atoms with Crippen LogP contribution in [0.3, 0.4) is 0 Å². The average Bonchev–Trinajstić information content (AvgIpc) is 2.34. The lowest BCUT2D eigenvalue weighted by atomic mass is 10.0. The van der Waals surface area contributed by atoms with E-state index in [0.29, 0.717) is 5.56 Å². The number of carboxylic acids is 1. The number of aliphatic carboxylic acids is 1. The van der Waals surface area contributed by atoms with Gasteiger partial charge in [0.2, 0.25) is 5.91 Å². The second-order valence-corrected chi connectivity index (χ2v) is 5.13. The molecule has 2 N–H and O–H groups in total. The first kappa shape index (κ1) is 16.4. The molecular weight excluding hydrogens is 276 g/mol. The molecule has 7 nitrogen and oxygen atoms in total. The summed E-state index contributed by atoms with van der Waals surface area (Å²) < 4.78 is 0. The van der Waals surface area contributed by atoms with Gasteiger partial charge in [0.1, 0.15) is 0 Å². The van der Waals surface area contributed by atoms with Crippen molar-refractivity contribution in [2.24, 2.45) is 0 Å². The molecule has 1 aromatic rings. The summed E-state index contributed by atoms with van der Waals surface area (Å²) in [5.41, 5.74) is -0.256. The normalized spacial score (nSPS) is 11.3. The molecule has 1 aromatic carbocycles. The summed E-state index contributed by atoms with van der Waals surface area (Å²) in [5.74, 6) is -1.43. The average molecular weight is 292 g/mol. The number of rotatable bonds is 6. The maximum Gasteiger partial charge on any atom is 0.305 e. The molecule has 7 heteroatoms. The topological polar surface area (TPSA) is 110 Å². The molecule has 0 atom stereocenters. The Bertz CT molecular complexity index is 576. The number of nitrogens with zero attached hydrogens (tertiary/aromatic N) is 1. The van der Waals surface area contributed by atoms with E-state index in [1.54, 1.807) is 13.8 Å². The Kier molecular flexibility index (Phi) is 5.18. The number of carbonyl (C=O) groups excluding carboxylic acids is 1. The standard InChI is InChI=1S/C14H16N2O5/c1-14(2,9-13(18)19)15-12(17)8-5-10-3-6-11(7-4-10)16(20)21/h3-8H,9H2,1-2H3,(H,15,17)(H,18,19). The summed E-state index contributed by atoms with van der Waals surface area (Å²) in [4.78, 5) is 32.3. The molecule has 0 unspecified atom stereocenters. The third kappa shape index (κ3) is 5.85. The van der Waals surface area contributed by atoms with Crippen LogP contribution in [0.4, 0.5) is 5.69 Å². The van der Waals surface area contributed by atoms with Crippen molar-refractivity contribution in [3.05, 3.63) is 46.0 Å². The zero-order chi connectivity index (χ0) is 16.0. The molecule has 0 aromatic heterocycles. The zero-order valence-electron chi connectivity index (χ0n) is 11.7. The van der Waals surface area contributed by atoms with Crippen molar-refractivity contribution in [2.75, 3.05) is 0 Å². The molecule has 0 heterocycles. The first-order chi connectivity index (χ1) is 9.69. The second kappa shape index (κ2) is 6.65. The fourth-order valence-electron chi connectivity index (χ4n) is 1.68. The number of non-ortho nitro benzene ring substituents is 1. The van der Waals surface area contributed by atoms with Crippen molar-refractivity contribution in [3.8, 4) is 0 Å². The highest BCUT2D eigenvalue weighted by molar-refractivity contribution is 5.92. The van der Waals surface area contributed by atoms with Gasteiger partial charge in [-0.05, 0) is 37.6 Å². The quantitative estimate of drug-likeness (QED) is 0.473. The van der Waals surface area contributed by atoms with Gasteiger partial charge >= 0.3 is 5.97 Å². The summed E-state index contributed by atoms with van der Waals surface area (Å²) in [6, 6.07) is 5.71. The monoisotopic (exact) mass is 292 g/mol. The Morgan fingerprint density at radius 2 is 1.90 bits per heavy atom. The van der Waals surface area contributed by atoms with E-state index in [2.05, 4.69) is 5.32 Å². The number of carbonyl (C=O) groups is 2. The molecule has 0 aliphatic rings. The van der Waals surface area contributed by atoms with Gasteiger partial charge in [0, 0.05) is 23.7 Å². The minimum absolute atomic E-state index is 0.0285. The van der Waals surface area contributed by atoms with Gasteiger partial charge in [-0.1, -0.05) is 0 Å². The smallest absolute Gasteiger partial charge is 0.305 e. The van der Waals surface area contributed by atoms with Gasteiger partial charge in [-0.15, -0.1) is 0 Å². The number of carboxylic acid groups (broad SMARTS) is 1. The second-order valence-electron chi connectivity index (χ2n) is 5.13. The largest absolute Gasteiger partial charge is 0.481 e. The van der Waals surface area contributed by atoms with E-state index in [4.69, 9.17) is 5.11 Å². The molecule has 0 saturated heterocycles. The Morgan fingerprint density at radius 1 is 1.33 bits per heavy atom. The van der Waals surface area contributed by atoms with Crippen LogP contribution in [-0.2, 0) is 9.59 Å². The minimum atomic E-state index is -1.00. The van der Waals surface area contributed by atoms with Crippen LogP contribution < -0.4 is 5.32 Å². The van der Waals surface area contributed by atoms with Crippen molar-refractivity contribution in [1.82, 2.24) is 5.32 Å². The molecule has 0 spiro atoms. The van der Waals surface area contributed by atoms with Gasteiger partial charge < -0.3 is 10.4 Å². The van der Waals surface area contributed by atoms with Crippen molar-refractivity contribution in [1.29, 1.82) is 0 Å². The van der Waals surface area contributed by atoms with Crippen molar-refractivity contribution >= 4 is 23.6 Å². The summed E-state index contributed by atoms with van der Waals surface area (Å²) in [6.45, 7) is 3.22. The number of amides is 1. The van der Waals surface area contributed by atoms with E-state index < -0.39 is 22.3 Å². The van der Waals surface area contributed by atoms with E-state index in [-0.39, 0.29) is 12.1 Å². The van der Waals surface area contributed by atoms with Crippen LogP contribution in [0, 0.1) is 10.1 Å². The Balaban J connectivity index is 2.65. The van der Waals surface area contributed by atoms with Crippen molar-refractivity contribution < 1.29 is 19.6 Å². The molecule has 112 valence electrons. The molecule has 0 bridgehead atoms. The van der Waals surface area contributed by atoms with Crippen LogP contribution in [0.2, 0.25) is 0 Å². The molecule has 0 saturated carbocycles. The van der Waals surface area contributed by atoms with E-state index in [1.807, 2.05) is 0 Å². The van der Waals surface area contributed by atoms with E-state index in [9.17, 15) is 19.7 Å². The summed E-state index contributed by atoms with van der Waals surface area (Å²) in [6.07, 6.45) is 2.56. The van der Waals surface area contributed by atoms with Gasteiger partial charge in [-0.2, -0.15) is 0 Å². The number of nitro benzene ring substituents is 1. The molecule has 1 amide bonds. The number of hydrogen-bond acceptors (Lipinski definition) is 4. The summed E-state index contributed by atoms with van der Waals surface area (Å²) in [5, 5.41) is 21.8. The highest BCUT2D eigenvalue weighted by atomic mass is 16.6. The predicted molar refractivity (Wildman–Crippen MR) is 76.6 cm³/mol. The lowest BCUT2D eigenvalue weighted by Gasteiger charge is -2.23. The van der Waals surface area contributed by atoms with Crippen molar-refractivity contribution in [2.45, 2.75) is 25.8 Å².